The molecule has 0 atom stereocenters. The smallest absolute Gasteiger partial charge is 0.256 e. The highest BCUT2D eigenvalue weighted by Crippen LogP contribution is 2.19. The normalized spacial score (nSPS) is 10.5. The van der Waals surface area contributed by atoms with E-state index in [-0.39, 0.29) is 24.8 Å². The van der Waals surface area contributed by atoms with E-state index in [1.807, 2.05) is 26.0 Å². The minimum absolute atomic E-state index is 0.139. The van der Waals surface area contributed by atoms with Crippen LogP contribution in [0.25, 0.3) is 0 Å². The van der Waals surface area contributed by atoms with E-state index in [0.29, 0.717) is 28.8 Å². The lowest BCUT2D eigenvalue weighted by Gasteiger charge is -2.07. The van der Waals surface area contributed by atoms with Gasteiger partial charge in [-0.3, -0.25) is 14.3 Å². The van der Waals surface area contributed by atoms with Crippen LogP contribution >= 0.6 is 11.6 Å². The number of carbonyl (C=O) groups excluding carboxylic acids is 2. The molecule has 0 bridgehead atoms. The van der Waals surface area contributed by atoms with Crippen molar-refractivity contribution in [3.05, 3.63) is 40.3 Å². The Morgan fingerprint density at radius 2 is 2.04 bits per heavy atom. The first-order valence-corrected chi connectivity index (χ1v) is 8.04. The topological polar surface area (TPSA) is 88.9 Å². The van der Waals surface area contributed by atoms with E-state index in [4.69, 9.17) is 11.6 Å². The molecule has 0 saturated carbocycles. The van der Waals surface area contributed by atoms with Crippen LogP contribution in [0, 0.1) is 13.8 Å². The average molecular weight is 350 g/mol. The van der Waals surface area contributed by atoms with Crippen LogP contribution in [0.15, 0.2) is 18.2 Å². The number of pyridine rings is 1. The summed E-state index contributed by atoms with van der Waals surface area (Å²) in [7, 11) is 0. The molecule has 8 heteroatoms. The Bertz CT molecular complexity index is 757. The Balaban J connectivity index is 1.86. The lowest BCUT2D eigenvalue weighted by Crippen LogP contribution is -2.28. The van der Waals surface area contributed by atoms with Crippen molar-refractivity contribution in [1.82, 2.24) is 20.1 Å². The van der Waals surface area contributed by atoms with Gasteiger partial charge in [-0.2, -0.15) is 5.10 Å². The number of carbonyl (C=O) groups is 2. The van der Waals surface area contributed by atoms with Gasteiger partial charge >= 0.3 is 0 Å². The molecule has 7 nitrogen and oxygen atoms in total. The summed E-state index contributed by atoms with van der Waals surface area (Å²) in [6.45, 7) is 6.24. The monoisotopic (exact) mass is 349 g/mol. The van der Waals surface area contributed by atoms with Crippen LogP contribution in [0.2, 0.25) is 5.15 Å². The molecule has 2 N–H and O–H groups in total. The number of hydrogen-bond donors (Lipinski definition) is 2. The Hall–Kier alpha value is -2.41. The van der Waals surface area contributed by atoms with Crippen molar-refractivity contribution in [3.8, 4) is 0 Å². The van der Waals surface area contributed by atoms with Crippen molar-refractivity contribution < 1.29 is 9.59 Å². The van der Waals surface area contributed by atoms with E-state index in [0.717, 1.165) is 5.69 Å². The predicted octanol–water partition coefficient (Wildman–Crippen LogP) is 2.33. The van der Waals surface area contributed by atoms with Gasteiger partial charge in [0.25, 0.3) is 5.91 Å². The maximum Gasteiger partial charge on any atom is 0.256 e. The summed E-state index contributed by atoms with van der Waals surface area (Å²) in [6, 6.07) is 5.38. The number of nitrogens with one attached hydrogen (secondary N) is 2. The van der Waals surface area contributed by atoms with E-state index in [9.17, 15) is 9.59 Å². The van der Waals surface area contributed by atoms with Crippen molar-refractivity contribution in [3.63, 3.8) is 0 Å². The van der Waals surface area contributed by atoms with Crippen LogP contribution in [-0.4, -0.2) is 33.1 Å². The minimum atomic E-state index is -0.335. The van der Waals surface area contributed by atoms with Crippen molar-refractivity contribution in [2.24, 2.45) is 0 Å². The maximum atomic E-state index is 12.2. The number of anilines is 1. The van der Waals surface area contributed by atoms with Gasteiger partial charge in [-0.1, -0.05) is 17.7 Å². The molecule has 2 amide bonds. The first-order chi connectivity index (χ1) is 11.4. The molecule has 0 unspecified atom stereocenters. The molecule has 0 aliphatic heterocycles. The number of nitrogens with zero attached hydrogens (tertiary/aromatic N) is 3. The molecule has 0 aliphatic rings. The molecule has 24 heavy (non-hydrogen) atoms. The van der Waals surface area contributed by atoms with Gasteiger partial charge in [0, 0.05) is 25.2 Å². The van der Waals surface area contributed by atoms with Gasteiger partial charge in [0.15, 0.2) is 0 Å². The van der Waals surface area contributed by atoms with Crippen molar-refractivity contribution in [2.45, 2.75) is 33.7 Å². The van der Waals surface area contributed by atoms with Crippen LogP contribution in [0.5, 0.6) is 0 Å². The molecule has 128 valence electrons. The standard InChI is InChI=1S/C16H20ClN5O2/c1-4-22-15(17)14(11(3)21-22)16(24)18-9-8-13(23)20-12-7-5-6-10(2)19-12/h5-7H,4,8-9H2,1-3H3,(H,18,24)(H,19,20,23). The summed E-state index contributed by atoms with van der Waals surface area (Å²) in [5, 5.41) is 9.88. The molecule has 2 aromatic rings. The second-order valence-corrected chi connectivity index (χ2v) is 5.64. The number of halogens is 1. The first kappa shape index (κ1) is 17.9. The highest BCUT2D eigenvalue weighted by molar-refractivity contribution is 6.33. The lowest BCUT2D eigenvalue weighted by molar-refractivity contribution is -0.116. The summed E-state index contributed by atoms with van der Waals surface area (Å²) in [6.07, 6.45) is 0.139. The summed E-state index contributed by atoms with van der Waals surface area (Å²) < 4.78 is 1.56. The van der Waals surface area contributed by atoms with E-state index in [1.54, 1.807) is 17.7 Å². The third kappa shape index (κ3) is 4.32. The number of amides is 2. The molecule has 0 saturated heterocycles. The fourth-order valence-corrected chi connectivity index (χ4v) is 2.60. The van der Waals surface area contributed by atoms with E-state index in [1.165, 1.54) is 0 Å². The molecule has 0 spiro atoms. The van der Waals surface area contributed by atoms with Crippen molar-refractivity contribution in [2.75, 3.05) is 11.9 Å². The van der Waals surface area contributed by atoms with E-state index in [2.05, 4.69) is 20.7 Å². The van der Waals surface area contributed by atoms with Crippen LogP contribution in [0.3, 0.4) is 0 Å². The zero-order valence-electron chi connectivity index (χ0n) is 13.9. The van der Waals surface area contributed by atoms with Gasteiger partial charge < -0.3 is 10.6 Å². The van der Waals surface area contributed by atoms with Gasteiger partial charge in [0.05, 0.1) is 11.3 Å². The van der Waals surface area contributed by atoms with Gasteiger partial charge in [0.1, 0.15) is 11.0 Å². The third-order valence-corrected chi connectivity index (χ3v) is 3.77. The summed E-state index contributed by atoms with van der Waals surface area (Å²) in [5.74, 6) is -0.0615. The highest BCUT2D eigenvalue weighted by atomic mass is 35.5. The van der Waals surface area contributed by atoms with Crippen LogP contribution in [0.4, 0.5) is 5.82 Å². The van der Waals surface area contributed by atoms with E-state index >= 15 is 0 Å². The number of aryl methyl sites for hydroxylation is 3. The Morgan fingerprint density at radius 3 is 2.67 bits per heavy atom. The Morgan fingerprint density at radius 1 is 1.29 bits per heavy atom. The molecule has 2 rings (SSSR count). The molecule has 0 fully saturated rings. The minimum Gasteiger partial charge on any atom is -0.351 e. The first-order valence-electron chi connectivity index (χ1n) is 7.67. The van der Waals surface area contributed by atoms with Crippen LogP contribution in [-0.2, 0) is 11.3 Å². The molecule has 0 aromatic carbocycles. The molecular weight excluding hydrogens is 330 g/mol. The third-order valence-electron chi connectivity index (χ3n) is 3.39. The Kier molecular flexibility index (Phi) is 5.92. The van der Waals surface area contributed by atoms with Crippen LogP contribution in [0.1, 0.15) is 35.1 Å². The van der Waals surface area contributed by atoms with Gasteiger partial charge in [-0.15, -0.1) is 0 Å². The average Bonchev–Trinajstić information content (AvgIpc) is 2.81. The fourth-order valence-electron chi connectivity index (χ4n) is 2.22. The molecule has 2 heterocycles. The zero-order valence-corrected chi connectivity index (χ0v) is 14.6. The van der Waals surface area contributed by atoms with Gasteiger partial charge in [-0.05, 0) is 32.9 Å². The van der Waals surface area contributed by atoms with Crippen LogP contribution < -0.4 is 10.6 Å². The molecule has 0 aliphatic carbocycles. The van der Waals surface area contributed by atoms with Gasteiger partial charge in [0.2, 0.25) is 5.91 Å². The molecule has 0 radical (unpaired) electrons. The van der Waals surface area contributed by atoms with Crippen molar-refractivity contribution >= 4 is 29.2 Å². The predicted molar refractivity (Wildman–Crippen MR) is 92.2 cm³/mol. The maximum absolute atomic E-state index is 12.2. The SMILES string of the molecule is CCn1nc(C)c(C(=O)NCCC(=O)Nc2cccc(C)n2)c1Cl. The summed E-state index contributed by atoms with van der Waals surface area (Å²) >= 11 is 6.14. The largest absolute Gasteiger partial charge is 0.351 e. The second-order valence-electron chi connectivity index (χ2n) is 5.29. The number of hydrogen-bond acceptors (Lipinski definition) is 4. The summed E-state index contributed by atoms with van der Waals surface area (Å²) in [4.78, 5) is 28.3. The second kappa shape index (κ2) is 7.92. The quantitative estimate of drug-likeness (QED) is 0.837. The highest BCUT2D eigenvalue weighted by Gasteiger charge is 2.19. The fraction of sp³-hybridized carbons (Fsp3) is 0.375. The van der Waals surface area contributed by atoms with Crippen molar-refractivity contribution in [1.29, 1.82) is 0 Å². The van der Waals surface area contributed by atoms with Gasteiger partial charge in [-0.25, -0.2) is 4.98 Å². The Labute approximate surface area is 145 Å². The zero-order chi connectivity index (χ0) is 17.7. The van der Waals surface area contributed by atoms with E-state index < -0.39 is 0 Å². The number of rotatable bonds is 6. The summed E-state index contributed by atoms with van der Waals surface area (Å²) in [5.41, 5.74) is 1.73. The molecular formula is C16H20ClN5O2. The molecule has 2 aromatic heterocycles. The lowest BCUT2D eigenvalue weighted by atomic mass is 10.2. The number of aromatic nitrogens is 3.